The SMILES string of the molecule is CC(C)c1nnn(C(C)C)c1F. The highest BCUT2D eigenvalue weighted by Crippen LogP contribution is 2.16. The topological polar surface area (TPSA) is 30.7 Å². The van der Waals surface area contributed by atoms with Crippen molar-refractivity contribution in [3.05, 3.63) is 11.6 Å². The van der Waals surface area contributed by atoms with Gasteiger partial charge in [-0.3, -0.25) is 0 Å². The summed E-state index contributed by atoms with van der Waals surface area (Å²) in [6.07, 6.45) is 0. The van der Waals surface area contributed by atoms with E-state index in [1.807, 2.05) is 27.7 Å². The van der Waals surface area contributed by atoms with Gasteiger partial charge in [-0.1, -0.05) is 19.1 Å². The van der Waals surface area contributed by atoms with E-state index in [9.17, 15) is 4.39 Å². The Bertz CT molecular complexity index is 240. The summed E-state index contributed by atoms with van der Waals surface area (Å²) in [5, 5.41) is 7.50. The van der Waals surface area contributed by atoms with Crippen molar-refractivity contribution in [1.82, 2.24) is 15.0 Å². The van der Waals surface area contributed by atoms with Gasteiger partial charge in [0, 0.05) is 5.92 Å². The van der Waals surface area contributed by atoms with Crippen molar-refractivity contribution in [2.75, 3.05) is 0 Å². The number of halogens is 1. The van der Waals surface area contributed by atoms with Crippen LogP contribution in [-0.4, -0.2) is 15.0 Å². The zero-order valence-electron chi connectivity index (χ0n) is 7.87. The molecule has 0 aliphatic rings. The number of nitrogens with zero attached hydrogens (tertiary/aromatic N) is 3. The summed E-state index contributed by atoms with van der Waals surface area (Å²) in [6.45, 7) is 7.55. The lowest BCUT2D eigenvalue weighted by atomic mass is 10.1. The van der Waals surface area contributed by atoms with Crippen molar-refractivity contribution in [2.45, 2.75) is 39.7 Å². The second kappa shape index (κ2) is 3.21. The Hall–Kier alpha value is -0.930. The zero-order chi connectivity index (χ0) is 9.30. The van der Waals surface area contributed by atoms with Gasteiger partial charge in [0.1, 0.15) is 5.69 Å². The van der Waals surface area contributed by atoms with Crippen molar-refractivity contribution < 1.29 is 4.39 Å². The lowest BCUT2D eigenvalue weighted by Crippen LogP contribution is -2.06. The first-order valence-corrected chi connectivity index (χ1v) is 4.14. The molecule has 0 spiro atoms. The molecule has 0 bridgehead atoms. The highest BCUT2D eigenvalue weighted by Gasteiger charge is 2.16. The van der Waals surface area contributed by atoms with Crippen LogP contribution in [0.4, 0.5) is 4.39 Å². The highest BCUT2D eigenvalue weighted by molar-refractivity contribution is 5.01. The second-order valence-corrected chi connectivity index (χ2v) is 3.46. The van der Waals surface area contributed by atoms with E-state index in [1.165, 1.54) is 4.68 Å². The third-order valence-electron chi connectivity index (χ3n) is 1.70. The van der Waals surface area contributed by atoms with E-state index in [2.05, 4.69) is 10.3 Å². The summed E-state index contributed by atoms with van der Waals surface area (Å²) in [6, 6.07) is 0.0324. The molecule has 0 aliphatic heterocycles. The van der Waals surface area contributed by atoms with Crippen LogP contribution in [-0.2, 0) is 0 Å². The van der Waals surface area contributed by atoms with Crippen LogP contribution in [0.25, 0.3) is 0 Å². The molecule has 0 atom stereocenters. The standard InChI is InChI=1S/C8H14FN3/c1-5(2)7-8(9)12(6(3)4)11-10-7/h5-6H,1-4H3. The fraction of sp³-hybridized carbons (Fsp3) is 0.750. The monoisotopic (exact) mass is 171 g/mol. The maximum Gasteiger partial charge on any atom is 0.235 e. The van der Waals surface area contributed by atoms with Crippen LogP contribution in [0.15, 0.2) is 0 Å². The van der Waals surface area contributed by atoms with Crippen molar-refractivity contribution in [2.24, 2.45) is 0 Å². The van der Waals surface area contributed by atoms with Crippen molar-refractivity contribution in [3.63, 3.8) is 0 Å². The molecule has 0 amide bonds. The molecule has 0 saturated heterocycles. The Morgan fingerprint density at radius 2 is 1.83 bits per heavy atom. The van der Waals surface area contributed by atoms with E-state index >= 15 is 0 Å². The fourth-order valence-electron chi connectivity index (χ4n) is 0.978. The molecule has 0 radical (unpaired) electrons. The van der Waals surface area contributed by atoms with Gasteiger partial charge in [0.05, 0.1) is 6.04 Å². The van der Waals surface area contributed by atoms with Crippen LogP contribution in [0.5, 0.6) is 0 Å². The quantitative estimate of drug-likeness (QED) is 0.682. The molecule has 4 heteroatoms. The normalized spacial score (nSPS) is 11.6. The molecule has 0 unspecified atom stereocenters. The summed E-state index contributed by atoms with van der Waals surface area (Å²) >= 11 is 0. The van der Waals surface area contributed by atoms with E-state index in [1.54, 1.807) is 0 Å². The van der Waals surface area contributed by atoms with E-state index < -0.39 is 0 Å². The maximum absolute atomic E-state index is 13.4. The van der Waals surface area contributed by atoms with E-state index in [4.69, 9.17) is 0 Å². The zero-order valence-corrected chi connectivity index (χ0v) is 7.87. The maximum atomic E-state index is 13.4. The van der Waals surface area contributed by atoms with Gasteiger partial charge >= 0.3 is 0 Å². The molecule has 0 saturated carbocycles. The summed E-state index contributed by atoms with van der Waals surface area (Å²) in [4.78, 5) is 0. The Kier molecular flexibility index (Phi) is 2.45. The first kappa shape index (κ1) is 9.16. The summed E-state index contributed by atoms with van der Waals surface area (Å²) in [5.74, 6) is -0.211. The molecule has 1 heterocycles. The summed E-state index contributed by atoms with van der Waals surface area (Å²) in [7, 11) is 0. The van der Waals surface area contributed by atoms with E-state index in [-0.39, 0.29) is 17.9 Å². The molecule has 0 N–H and O–H groups in total. The van der Waals surface area contributed by atoms with Gasteiger partial charge in [-0.25, -0.2) is 4.68 Å². The van der Waals surface area contributed by atoms with Gasteiger partial charge in [0.2, 0.25) is 5.95 Å². The molecule has 1 rings (SSSR count). The first-order valence-electron chi connectivity index (χ1n) is 4.14. The predicted octanol–water partition coefficient (Wildman–Crippen LogP) is 2.12. The van der Waals surface area contributed by atoms with Gasteiger partial charge in [-0.05, 0) is 13.8 Å². The molecular formula is C8H14FN3. The van der Waals surface area contributed by atoms with E-state index in [0.29, 0.717) is 5.69 Å². The van der Waals surface area contributed by atoms with E-state index in [0.717, 1.165) is 0 Å². The van der Waals surface area contributed by atoms with Gasteiger partial charge in [0.25, 0.3) is 0 Å². The Morgan fingerprint density at radius 3 is 2.08 bits per heavy atom. The summed E-state index contributed by atoms with van der Waals surface area (Å²) in [5.41, 5.74) is 0.448. The molecule has 0 fully saturated rings. The number of aromatic nitrogens is 3. The van der Waals surface area contributed by atoms with Crippen LogP contribution >= 0.6 is 0 Å². The molecule has 12 heavy (non-hydrogen) atoms. The predicted molar refractivity (Wildman–Crippen MR) is 44.5 cm³/mol. The van der Waals surface area contributed by atoms with Crippen LogP contribution in [0, 0.1) is 5.95 Å². The molecule has 1 aromatic heterocycles. The molecular weight excluding hydrogens is 157 g/mol. The largest absolute Gasteiger partial charge is 0.235 e. The third kappa shape index (κ3) is 1.47. The number of rotatable bonds is 2. The van der Waals surface area contributed by atoms with Crippen molar-refractivity contribution >= 4 is 0 Å². The number of hydrogen-bond donors (Lipinski definition) is 0. The molecule has 3 nitrogen and oxygen atoms in total. The minimum Gasteiger partial charge on any atom is -0.217 e. The van der Waals surface area contributed by atoms with Gasteiger partial charge in [-0.15, -0.1) is 5.10 Å². The lowest BCUT2D eigenvalue weighted by molar-refractivity contribution is 0.406. The highest BCUT2D eigenvalue weighted by atomic mass is 19.1. The number of hydrogen-bond acceptors (Lipinski definition) is 2. The smallest absolute Gasteiger partial charge is 0.217 e. The molecule has 68 valence electrons. The average Bonchev–Trinajstić information content (AvgIpc) is 2.30. The fourth-order valence-corrected chi connectivity index (χ4v) is 0.978. The average molecular weight is 171 g/mol. The van der Waals surface area contributed by atoms with Crippen LogP contribution in [0.1, 0.15) is 45.3 Å². The Morgan fingerprint density at radius 1 is 1.25 bits per heavy atom. The van der Waals surface area contributed by atoms with Crippen LogP contribution in [0.3, 0.4) is 0 Å². The third-order valence-corrected chi connectivity index (χ3v) is 1.70. The first-order chi connectivity index (χ1) is 5.54. The minimum atomic E-state index is -0.306. The van der Waals surface area contributed by atoms with Crippen LogP contribution < -0.4 is 0 Å². The van der Waals surface area contributed by atoms with Crippen molar-refractivity contribution in [3.8, 4) is 0 Å². The van der Waals surface area contributed by atoms with Crippen LogP contribution in [0.2, 0.25) is 0 Å². The van der Waals surface area contributed by atoms with Gasteiger partial charge in [-0.2, -0.15) is 4.39 Å². The lowest BCUT2D eigenvalue weighted by Gasteiger charge is -2.04. The second-order valence-electron chi connectivity index (χ2n) is 3.46. The van der Waals surface area contributed by atoms with Gasteiger partial charge in [0.15, 0.2) is 0 Å². The summed E-state index contributed by atoms with van der Waals surface area (Å²) < 4.78 is 14.7. The molecule has 0 aromatic carbocycles. The van der Waals surface area contributed by atoms with Gasteiger partial charge < -0.3 is 0 Å². The molecule has 0 aliphatic carbocycles. The minimum absolute atomic E-state index is 0.0324. The molecule has 1 aromatic rings. The Balaban J connectivity index is 3.04. The van der Waals surface area contributed by atoms with Crippen molar-refractivity contribution in [1.29, 1.82) is 0 Å². The Labute approximate surface area is 71.6 Å².